The van der Waals surface area contributed by atoms with Gasteiger partial charge in [-0.25, -0.2) is 4.98 Å². The average Bonchev–Trinajstić information content (AvgIpc) is 2.73. The summed E-state index contributed by atoms with van der Waals surface area (Å²) >= 11 is 0. The van der Waals surface area contributed by atoms with E-state index in [9.17, 15) is 4.79 Å². The van der Waals surface area contributed by atoms with Crippen LogP contribution in [0.4, 0.5) is 0 Å². The molecule has 0 saturated carbocycles. The molecule has 0 bridgehead atoms. The third-order valence-electron chi connectivity index (χ3n) is 3.02. The van der Waals surface area contributed by atoms with Gasteiger partial charge in [-0.2, -0.15) is 0 Å². The minimum Gasteiger partial charge on any atom is -0.481 e. The molecule has 0 amide bonds. The molecule has 18 heavy (non-hydrogen) atoms. The van der Waals surface area contributed by atoms with Crippen LogP contribution in [0.3, 0.4) is 0 Å². The molecule has 1 aromatic carbocycles. The largest absolute Gasteiger partial charge is 0.481 e. The monoisotopic (exact) mass is 240 g/mol. The summed E-state index contributed by atoms with van der Waals surface area (Å²) in [5, 5.41) is 9.81. The van der Waals surface area contributed by atoms with Crippen LogP contribution < -0.4 is 0 Å². The molecular formula is C14H12N2O2. The standard InChI is InChI=1S/C14H12N2O2/c17-14(18)6-8-16-7-5-11-10-3-1-2-4-12(10)15-13(11)9-16/h1-5,7,9H,6,8H2,(H,17,18). The van der Waals surface area contributed by atoms with Crippen LogP contribution in [-0.4, -0.2) is 20.6 Å². The van der Waals surface area contributed by atoms with Crippen LogP contribution in [0.2, 0.25) is 0 Å². The summed E-state index contributed by atoms with van der Waals surface area (Å²) in [6, 6.07) is 9.98. The second-order valence-corrected chi connectivity index (χ2v) is 4.25. The minimum atomic E-state index is -0.789. The Balaban J connectivity index is 2.04. The maximum absolute atomic E-state index is 10.5. The van der Waals surface area contributed by atoms with Crippen LogP contribution in [0.5, 0.6) is 0 Å². The van der Waals surface area contributed by atoms with Gasteiger partial charge in [-0.05, 0) is 12.1 Å². The van der Waals surface area contributed by atoms with Crippen LogP contribution in [0, 0.1) is 0 Å². The molecule has 0 spiro atoms. The van der Waals surface area contributed by atoms with Crippen molar-refractivity contribution in [1.82, 2.24) is 9.55 Å². The summed E-state index contributed by atoms with van der Waals surface area (Å²) in [4.78, 5) is 15.1. The van der Waals surface area contributed by atoms with Gasteiger partial charge in [-0.1, -0.05) is 18.2 Å². The summed E-state index contributed by atoms with van der Waals surface area (Å²) in [5.74, 6) is -0.789. The molecule has 90 valence electrons. The molecular weight excluding hydrogens is 228 g/mol. The van der Waals surface area contributed by atoms with Crippen molar-refractivity contribution in [2.75, 3.05) is 0 Å². The summed E-state index contributed by atoms with van der Waals surface area (Å²) in [6.45, 7) is 0.467. The Kier molecular flexibility index (Phi) is 2.48. The van der Waals surface area contributed by atoms with Crippen molar-refractivity contribution in [3.63, 3.8) is 0 Å². The first-order valence-corrected chi connectivity index (χ1v) is 5.80. The lowest BCUT2D eigenvalue weighted by Gasteiger charge is -2.06. The van der Waals surface area contributed by atoms with E-state index in [0.717, 1.165) is 22.2 Å². The van der Waals surface area contributed by atoms with E-state index < -0.39 is 5.97 Å². The zero-order valence-electron chi connectivity index (χ0n) is 9.71. The molecule has 4 nitrogen and oxygen atoms in total. The number of hydrogen-bond acceptors (Lipinski definition) is 2. The SMILES string of the molecule is O=C(O)CCn1ccc2c3ccccc3nc-2c1. The minimum absolute atomic E-state index is 0.121. The Morgan fingerprint density at radius 3 is 2.94 bits per heavy atom. The molecule has 0 aliphatic carbocycles. The number of aromatic nitrogens is 2. The molecule has 2 aliphatic rings. The van der Waals surface area contributed by atoms with Gasteiger partial charge in [0.05, 0.1) is 17.6 Å². The highest BCUT2D eigenvalue weighted by atomic mass is 16.4. The van der Waals surface area contributed by atoms with Crippen molar-refractivity contribution < 1.29 is 9.90 Å². The van der Waals surface area contributed by atoms with E-state index in [1.165, 1.54) is 0 Å². The predicted molar refractivity (Wildman–Crippen MR) is 68.6 cm³/mol. The van der Waals surface area contributed by atoms with Crippen molar-refractivity contribution in [3.8, 4) is 11.3 Å². The van der Waals surface area contributed by atoms with Crippen LogP contribution in [0.1, 0.15) is 6.42 Å². The lowest BCUT2D eigenvalue weighted by molar-refractivity contribution is -0.137. The third kappa shape index (κ3) is 1.82. The van der Waals surface area contributed by atoms with Gasteiger partial charge in [0.1, 0.15) is 0 Å². The number of benzene rings is 1. The number of fused-ring (bicyclic) bond motifs is 3. The predicted octanol–water partition coefficient (Wildman–Crippen LogP) is 2.62. The number of aryl methyl sites for hydroxylation is 1. The maximum Gasteiger partial charge on any atom is 0.305 e. The van der Waals surface area contributed by atoms with Crippen molar-refractivity contribution in [3.05, 3.63) is 42.7 Å². The number of pyridine rings is 1. The molecule has 3 rings (SSSR count). The summed E-state index contributed by atoms with van der Waals surface area (Å²) in [6.07, 6.45) is 3.92. The smallest absolute Gasteiger partial charge is 0.305 e. The van der Waals surface area contributed by atoms with Gasteiger partial charge in [0.25, 0.3) is 0 Å². The second-order valence-electron chi connectivity index (χ2n) is 4.25. The molecule has 0 radical (unpaired) electrons. The van der Waals surface area contributed by atoms with E-state index in [-0.39, 0.29) is 6.42 Å². The Morgan fingerprint density at radius 2 is 2.11 bits per heavy atom. The number of nitrogens with zero attached hydrogens (tertiary/aromatic N) is 2. The van der Waals surface area contributed by atoms with Crippen molar-refractivity contribution in [2.45, 2.75) is 13.0 Å². The fourth-order valence-corrected chi connectivity index (χ4v) is 2.13. The van der Waals surface area contributed by atoms with E-state index >= 15 is 0 Å². The van der Waals surface area contributed by atoms with Crippen molar-refractivity contribution in [2.24, 2.45) is 0 Å². The van der Waals surface area contributed by atoms with E-state index in [2.05, 4.69) is 4.98 Å². The lowest BCUT2D eigenvalue weighted by Crippen LogP contribution is -2.04. The molecule has 1 aromatic rings. The van der Waals surface area contributed by atoms with Crippen LogP contribution in [0.15, 0.2) is 42.7 Å². The van der Waals surface area contributed by atoms with E-state index in [4.69, 9.17) is 5.11 Å². The Morgan fingerprint density at radius 1 is 1.28 bits per heavy atom. The van der Waals surface area contributed by atoms with Gasteiger partial charge in [0.2, 0.25) is 0 Å². The highest BCUT2D eigenvalue weighted by Gasteiger charge is 2.11. The topological polar surface area (TPSA) is 55.1 Å². The van der Waals surface area contributed by atoms with Crippen molar-refractivity contribution >= 4 is 16.9 Å². The Labute approximate surface area is 104 Å². The average molecular weight is 240 g/mol. The first-order chi connectivity index (χ1) is 8.74. The molecule has 0 atom stereocenters. The lowest BCUT2D eigenvalue weighted by atomic mass is 10.1. The Hall–Kier alpha value is -2.36. The fourth-order valence-electron chi connectivity index (χ4n) is 2.13. The number of hydrogen-bond donors (Lipinski definition) is 1. The molecule has 0 unspecified atom stereocenters. The van der Waals surface area contributed by atoms with Gasteiger partial charge in [0.15, 0.2) is 0 Å². The summed E-state index contributed by atoms with van der Waals surface area (Å²) < 4.78 is 1.86. The molecule has 0 saturated heterocycles. The molecule has 0 aromatic heterocycles. The number of carbonyl (C=O) groups is 1. The quantitative estimate of drug-likeness (QED) is 0.765. The number of carboxylic acid groups (broad SMARTS) is 1. The first-order valence-electron chi connectivity index (χ1n) is 5.80. The van der Waals surface area contributed by atoms with Gasteiger partial charge < -0.3 is 9.67 Å². The van der Waals surface area contributed by atoms with E-state index in [1.807, 2.05) is 47.3 Å². The number of para-hydroxylation sites is 1. The van der Waals surface area contributed by atoms with Gasteiger partial charge in [-0.15, -0.1) is 0 Å². The molecule has 2 heterocycles. The fraction of sp³-hybridized carbons (Fsp3) is 0.143. The highest BCUT2D eigenvalue weighted by molar-refractivity contribution is 5.96. The first kappa shape index (κ1) is 10.8. The summed E-state index contributed by atoms with van der Waals surface area (Å²) in [5.41, 5.74) is 2.99. The maximum atomic E-state index is 10.5. The van der Waals surface area contributed by atoms with Gasteiger partial charge in [0, 0.05) is 29.9 Å². The highest BCUT2D eigenvalue weighted by Crippen LogP contribution is 2.30. The molecule has 4 heteroatoms. The van der Waals surface area contributed by atoms with E-state index in [0.29, 0.717) is 6.54 Å². The number of rotatable bonds is 3. The molecule has 0 fully saturated rings. The van der Waals surface area contributed by atoms with Gasteiger partial charge in [-0.3, -0.25) is 4.79 Å². The molecule has 2 aliphatic heterocycles. The van der Waals surface area contributed by atoms with E-state index in [1.54, 1.807) is 0 Å². The summed E-state index contributed by atoms with van der Waals surface area (Å²) in [7, 11) is 0. The normalized spacial score (nSPS) is 11.1. The van der Waals surface area contributed by atoms with Crippen molar-refractivity contribution in [1.29, 1.82) is 0 Å². The second kappa shape index (κ2) is 4.14. The molecule has 1 N–H and O–H groups in total. The zero-order chi connectivity index (χ0) is 12.5. The number of carboxylic acids is 1. The van der Waals surface area contributed by atoms with Crippen LogP contribution in [0.25, 0.3) is 22.2 Å². The van der Waals surface area contributed by atoms with Gasteiger partial charge >= 0.3 is 5.97 Å². The Bertz CT molecular complexity index is 687. The zero-order valence-corrected chi connectivity index (χ0v) is 9.71. The third-order valence-corrected chi connectivity index (χ3v) is 3.02. The van der Waals surface area contributed by atoms with Crippen LogP contribution >= 0.6 is 0 Å². The van der Waals surface area contributed by atoms with Crippen LogP contribution in [-0.2, 0) is 11.3 Å². The number of aliphatic carboxylic acids is 1.